The standard InChI is InChI=1S/C12H16F2N4/c1-8(9-4-3-5-10(16)6-9)12(13,14)11(17)18(2)7-15/h3-8,15,17H,16H2,1-2H3. The summed E-state index contributed by atoms with van der Waals surface area (Å²) in [5.74, 6) is -5.46. The number of hydrogen-bond acceptors (Lipinski definition) is 3. The van der Waals surface area contributed by atoms with E-state index in [1.807, 2.05) is 0 Å². The lowest BCUT2D eigenvalue weighted by Gasteiger charge is -2.28. The zero-order valence-corrected chi connectivity index (χ0v) is 10.2. The molecular formula is C12H16F2N4. The number of benzene rings is 1. The van der Waals surface area contributed by atoms with Gasteiger partial charge < -0.3 is 10.6 Å². The Morgan fingerprint density at radius 3 is 2.61 bits per heavy atom. The minimum absolute atomic E-state index is 0.364. The number of nitrogens with zero attached hydrogens (tertiary/aromatic N) is 1. The third-order valence-electron chi connectivity index (χ3n) is 2.82. The van der Waals surface area contributed by atoms with Crippen LogP contribution in [0.3, 0.4) is 0 Å². The second kappa shape index (κ2) is 5.12. The third-order valence-corrected chi connectivity index (χ3v) is 2.82. The van der Waals surface area contributed by atoms with Crippen LogP contribution in [-0.4, -0.2) is 30.0 Å². The molecule has 18 heavy (non-hydrogen) atoms. The molecule has 1 aromatic carbocycles. The van der Waals surface area contributed by atoms with Crippen molar-refractivity contribution in [2.45, 2.75) is 18.8 Å². The predicted octanol–water partition coefficient (Wildman–Crippen LogP) is 2.52. The Balaban J connectivity index is 3.04. The molecule has 0 heterocycles. The summed E-state index contributed by atoms with van der Waals surface area (Å²) in [5, 5.41) is 14.3. The van der Waals surface area contributed by atoms with Crippen LogP contribution >= 0.6 is 0 Å². The summed E-state index contributed by atoms with van der Waals surface area (Å²) in [4.78, 5) is 0.781. The molecule has 0 bridgehead atoms. The van der Waals surface area contributed by atoms with Crippen LogP contribution in [0, 0.1) is 10.8 Å². The van der Waals surface area contributed by atoms with Gasteiger partial charge in [-0.3, -0.25) is 10.8 Å². The van der Waals surface area contributed by atoms with Crippen molar-refractivity contribution in [1.29, 1.82) is 10.8 Å². The van der Waals surface area contributed by atoms with E-state index in [1.54, 1.807) is 18.2 Å². The van der Waals surface area contributed by atoms with E-state index in [0.29, 0.717) is 17.6 Å². The van der Waals surface area contributed by atoms with Crippen LogP contribution in [-0.2, 0) is 0 Å². The van der Waals surface area contributed by atoms with E-state index in [0.717, 1.165) is 4.90 Å². The molecule has 4 N–H and O–H groups in total. The van der Waals surface area contributed by atoms with Gasteiger partial charge in [0, 0.05) is 12.7 Å². The molecule has 0 fully saturated rings. The minimum Gasteiger partial charge on any atom is -0.399 e. The van der Waals surface area contributed by atoms with E-state index in [4.69, 9.17) is 16.6 Å². The topological polar surface area (TPSA) is 77.0 Å². The molecule has 0 aliphatic rings. The summed E-state index contributed by atoms with van der Waals surface area (Å²) in [5.41, 5.74) is 6.33. The summed E-state index contributed by atoms with van der Waals surface area (Å²) in [7, 11) is 1.25. The molecule has 98 valence electrons. The molecule has 0 aliphatic carbocycles. The average molecular weight is 254 g/mol. The molecule has 0 spiro atoms. The molecule has 1 rings (SSSR count). The number of alkyl halides is 2. The Bertz CT molecular complexity index is 459. The molecule has 6 heteroatoms. The fourth-order valence-corrected chi connectivity index (χ4v) is 1.54. The smallest absolute Gasteiger partial charge is 0.310 e. The van der Waals surface area contributed by atoms with Gasteiger partial charge in [-0.2, -0.15) is 8.78 Å². The lowest BCUT2D eigenvalue weighted by atomic mass is 9.93. The van der Waals surface area contributed by atoms with Gasteiger partial charge in [0.2, 0.25) is 0 Å². The van der Waals surface area contributed by atoms with Gasteiger partial charge in [0.1, 0.15) is 0 Å². The van der Waals surface area contributed by atoms with E-state index in [-0.39, 0.29) is 0 Å². The van der Waals surface area contributed by atoms with Gasteiger partial charge >= 0.3 is 5.92 Å². The van der Waals surface area contributed by atoms with Crippen LogP contribution in [0.1, 0.15) is 18.4 Å². The highest BCUT2D eigenvalue weighted by molar-refractivity contribution is 5.94. The van der Waals surface area contributed by atoms with Crippen LogP contribution in [0.25, 0.3) is 0 Å². The first-order valence-corrected chi connectivity index (χ1v) is 5.36. The van der Waals surface area contributed by atoms with Crippen molar-refractivity contribution < 1.29 is 8.78 Å². The summed E-state index contributed by atoms with van der Waals surface area (Å²) in [6.45, 7) is 1.33. The number of rotatable bonds is 4. The Hall–Kier alpha value is -1.98. The third kappa shape index (κ3) is 2.64. The van der Waals surface area contributed by atoms with Crippen molar-refractivity contribution in [2.24, 2.45) is 0 Å². The van der Waals surface area contributed by atoms with Crippen LogP contribution in [0.15, 0.2) is 24.3 Å². The van der Waals surface area contributed by atoms with Crippen LogP contribution in [0.4, 0.5) is 14.5 Å². The van der Waals surface area contributed by atoms with E-state index in [9.17, 15) is 8.78 Å². The van der Waals surface area contributed by atoms with Crippen LogP contribution < -0.4 is 5.73 Å². The second-order valence-corrected chi connectivity index (χ2v) is 4.10. The first-order chi connectivity index (χ1) is 8.30. The summed E-state index contributed by atoms with van der Waals surface area (Å²) >= 11 is 0. The summed E-state index contributed by atoms with van der Waals surface area (Å²) < 4.78 is 28.1. The molecule has 0 aromatic heterocycles. The van der Waals surface area contributed by atoms with Crippen molar-refractivity contribution in [3.63, 3.8) is 0 Å². The van der Waals surface area contributed by atoms with E-state index < -0.39 is 17.7 Å². The quantitative estimate of drug-likeness (QED) is 0.438. The Morgan fingerprint density at radius 1 is 1.50 bits per heavy atom. The fraction of sp³-hybridized carbons (Fsp3) is 0.333. The summed E-state index contributed by atoms with van der Waals surface area (Å²) in [6, 6.07) is 6.23. The number of halogens is 2. The van der Waals surface area contributed by atoms with Crippen LogP contribution in [0.5, 0.6) is 0 Å². The van der Waals surface area contributed by atoms with E-state index in [1.165, 1.54) is 20.0 Å². The van der Waals surface area contributed by atoms with Crippen LogP contribution in [0.2, 0.25) is 0 Å². The molecule has 1 unspecified atom stereocenters. The Kier molecular flexibility index (Phi) is 4.00. The minimum atomic E-state index is -3.36. The molecule has 1 aromatic rings. The molecule has 0 saturated heterocycles. The van der Waals surface area contributed by atoms with Gasteiger partial charge in [-0.25, -0.2) is 0 Å². The predicted molar refractivity (Wildman–Crippen MR) is 68.5 cm³/mol. The van der Waals surface area contributed by atoms with E-state index >= 15 is 0 Å². The molecule has 1 atom stereocenters. The Morgan fingerprint density at radius 2 is 2.11 bits per heavy atom. The normalized spacial score (nSPS) is 12.9. The van der Waals surface area contributed by atoms with Crippen molar-refractivity contribution in [3.8, 4) is 0 Å². The molecule has 4 nitrogen and oxygen atoms in total. The fourth-order valence-electron chi connectivity index (χ4n) is 1.54. The van der Waals surface area contributed by atoms with Gasteiger partial charge in [-0.15, -0.1) is 0 Å². The highest BCUT2D eigenvalue weighted by Crippen LogP contribution is 2.35. The molecular weight excluding hydrogens is 238 g/mol. The maximum Gasteiger partial charge on any atom is 0.310 e. The molecule has 0 aliphatic heterocycles. The number of hydrogen-bond donors (Lipinski definition) is 3. The SMILES string of the molecule is CC(c1cccc(N)c1)C(F)(F)C(=N)N(C)C=N. The first-order valence-electron chi connectivity index (χ1n) is 5.36. The number of nitrogen functional groups attached to an aromatic ring is 1. The van der Waals surface area contributed by atoms with Gasteiger partial charge in [0.25, 0.3) is 0 Å². The van der Waals surface area contributed by atoms with Crippen molar-refractivity contribution in [2.75, 3.05) is 12.8 Å². The number of amidine groups is 1. The molecule has 0 amide bonds. The van der Waals surface area contributed by atoms with E-state index in [2.05, 4.69) is 0 Å². The van der Waals surface area contributed by atoms with Gasteiger partial charge in [-0.05, 0) is 17.7 Å². The average Bonchev–Trinajstić information content (AvgIpc) is 2.35. The van der Waals surface area contributed by atoms with Gasteiger partial charge in [0.15, 0.2) is 5.84 Å². The van der Waals surface area contributed by atoms with Crippen molar-refractivity contribution >= 4 is 17.9 Å². The molecule has 0 radical (unpaired) electrons. The molecule has 0 saturated carbocycles. The first kappa shape index (κ1) is 14.1. The maximum atomic E-state index is 14.1. The van der Waals surface area contributed by atoms with Gasteiger partial charge in [0.05, 0.1) is 12.3 Å². The lowest BCUT2D eigenvalue weighted by Crippen LogP contribution is -2.43. The maximum absolute atomic E-state index is 14.1. The zero-order chi connectivity index (χ0) is 13.9. The number of anilines is 1. The zero-order valence-electron chi connectivity index (χ0n) is 10.2. The lowest BCUT2D eigenvalue weighted by molar-refractivity contribution is 0.0429. The largest absolute Gasteiger partial charge is 0.399 e. The van der Waals surface area contributed by atoms with Crippen molar-refractivity contribution in [1.82, 2.24) is 4.90 Å². The van der Waals surface area contributed by atoms with Crippen molar-refractivity contribution in [3.05, 3.63) is 29.8 Å². The second-order valence-electron chi connectivity index (χ2n) is 4.10. The highest BCUT2D eigenvalue weighted by Gasteiger charge is 2.43. The number of nitrogens with one attached hydrogen (secondary N) is 2. The highest BCUT2D eigenvalue weighted by atomic mass is 19.3. The number of nitrogens with two attached hydrogens (primary N) is 1. The Labute approximate surface area is 104 Å². The van der Waals surface area contributed by atoms with Gasteiger partial charge in [-0.1, -0.05) is 19.1 Å². The summed E-state index contributed by atoms with van der Waals surface area (Å²) in [6.07, 6.45) is 0.683. The monoisotopic (exact) mass is 254 g/mol.